The van der Waals surface area contributed by atoms with Gasteiger partial charge < -0.3 is 18.9 Å². The third-order valence-electron chi connectivity index (χ3n) is 4.94. The van der Waals surface area contributed by atoms with E-state index in [-0.39, 0.29) is 23.9 Å². The fourth-order valence-electron chi connectivity index (χ4n) is 3.57. The zero-order chi connectivity index (χ0) is 23.1. The van der Waals surface area contributed by atoms with Crippen molar-refractivity contribution in [2.75, 3.05) is 20.8 Å². The van der Waals surface area contributed by atoms with Gasteiger partial charge in [0.05, 0.1) is 12.6 Å². The van der Waals surface area contributed by atoms with E-state index in [2.05, 4.69) is 9.30 Å². The summed E-state index contributed by atoms with van der Waals surface area (Å²) in [5, 5.41) is 9.57. The third kappa shape index (κ3) is 6.15. The number of aromatic nitrogens is 1. The number of hydrogen-bond donors (Lipinski definition) is 0. The lowest BCUT2D eigenvalue weighted by atomic mass is 10.1. The Kier molecular flexibility index (Phi) is 8.34. The van der Waals surface area contributed by atoms with Crippen molar-refractivity contribution in [3.63, 3.8) is 0 Å². The predicted molar refractivity (Wildman–Crippen MR) is 114 cm³/mol. The first-order chi connectivity index (χ1) is 14.7. The van der Waals surface area contributed by atoms with Crippen molar-refractivity contribution >= 4 is 12.0 Å². The van der Waals surface area contributed by atoms with Gasteiger partial charge in [0.2, 0.25) is 0 Å². The highest BCUT2D eigenvalue weighted by Gasteiger charge is 2.18. The molecule has 0 saturated heterocycles. The lowest BCUT2D eigenvalue weighted by Crippen LogP contribution is -2.27. The molecule has 0 aliphatic heterocycles. The number of nitrogens with zero attached hydrogens (tertiary/aromatic N) is 3. The Balaban J connectivity index is 2.18. The number of ether oxygens (including phenoxy) is 2. The van der Waals surface area contributed by atoms with Crippen LogP contribution in [0.15, 0.2) is 35.9 Å². The van der Waals surface area contributed by atoms with Crippen LogP contribution in [-0.4, -0.2) is 42.8 Å². The fraction of sp³-hybridized carbons (Fsp3) is 0.391. The number of methoxy groups -OCH3 is 1. The average Bonchev–Trinajstić information content (AvgIpc) is 2.99. The topological polar surface area (TPSA) is 67.5 Å². The summed E-state index contributed by atoms with van der Waals surface area (Å²) in [6, 6.07) is 10.1. The lowest BCUT2D eigenvalue weighted by Gasteiger charge is -2.18. The van der Waals surface area contributed by atoms with E-state index >= 15 is 0 Å². The van der Waals surface area contributed by atoms with Gasteiger partial charge in [-0.2, -0.15) is 14.0 Å². The Hall–Kier alpha value is -3.18. The quantitative estimate of drug-likeness (QED) is 0.434. The van der Waals surface area contributed by atoms with Crippen LogP contribution in [-0.2, 0) is 16.1 Å². The van der Waals surface area contributed by atoms with Gasteiger partial charge >= 0.3 is 6.61 Å². The van der Waals surface area contributed by atoms with Crippen LogP contribution in [0.4, 0.5) is 8.78 Å². The standard InChI is InChI=1S/C23H27F2N3O3/c1-15-10-19(17(3)28(15)16(2)14-30-5)11-20(12-26)22(29)27(4)13-18-6-8-21(9-7-18)31-23(24)25/h6-11,16,23H,13-14H2,1-5H3/b20-11-. The van der Waals surface area contributed by atoms with E-state index in [1.165, 1.54) is 17.0 Å². The van der Waals surface area contributed by atoms with E-state index in [1.807, 2.05) is 32.9 Å². The minimum Gasteiger partial charge on any atom is -0.435 e. The van der Waals surface area contributed by atoms with Gasteiger partial charge in [-0.25, -0.2) is 0 Å². The highest BCUT2D eigenvalue weighted by atomic mass is 19.3. The minimum atomic E-state index is -2.89. The van der Waals surface area contributed by atoms with Crippen molar-refractivity contribution in [3.8, 4) is 11.8 Å². The molecule has 1 aromatic carbocycles. The van der Waals surface area contributed by atoms with Gasteiger partial charge in [0.1, 0.15) is 17.4 Å². The molecule has 0 aliphatic carbocycles. The average molecular weight is 431 g/mol. The van der Waals surface area contributed by atoms with Gasteiger partial charge in [0, 0.05) is 32.1 Å². The molecule has 2 aromatic rings. The van der Waals surface area contributed by atoms with Crippen molar-refractivity contribution in [2.45, 2.75) is 40.0 Å². The second-order valence-electron chi connectivity index (χ2n) is 7.35. The molecular formula is C23H27F2N3O3. The summed E-state index contributed by atoms with van der Waals surface area (Å²) in [6.45, 7) is 3.83. The van der Waals surface area contributed by atoms with E-state index < -0.39 is 12.5 Å². The molecule has 6 nitrogen and oxygen atoms in total. The number of benzene rings is 1. The monoisotopic (exact) mass is 431 g/mol. The maximum Gasteiger partial charge on any atom is 0.387 e. The van der Waals surface area contributed by atoms with Crippen LogP contribution in [0.5, 0.6) is 5.75 Å². The molecule has 0 radical (unpaired) electrons. The van der Waals surface area contributed by atoms with Crippen molar-refractivity contribution in [1.29, 1.82) is 5.26 Å². The highest BCUT2D eigenvalue weighted by Crippen LogP contribution is 2.23. The van der Waals surface area contributed by atoms with Gasteiger partial charge in [-0.15, -0.1) is 0 Å². The Morgan fingerprint density at radius 2 is 1.94 bits per heavy atom. The summed E-state index contributed by atoms with van der Waals surface area (Å²) >= 11 is 0. The number of alkyl halides is 2. The second-order valence-corrected chi connectivity index (χ2v) is 7.35. The summed E-state index contributed by atoms with van der Waals surface area (Å²) in [6.07, 6.45) is 1.59. The maximum atomic E-state index is 12.8. The molecule has 0 bridgehead atoms. The van der Waals surface area contributed by atoms with Crippen LogP contribution in [0, 0.1) is 25.2 Å². The van der Waals surface area contributed by atoms with Crippen molar-refractivity contribution in [3.05, 3.63) is 58.4 Å². The SMILES string of the molecule is COCC(C)n1c(C)cc(/C=C(/C#N)C(=O)N(C)Cc2ccc(OC(F)F)cc2)c1C. The normalized spacial score (nSPS) is 12.5. The molecule has 31 heavy (non-hydrogen) atoms. The molecule has 166 valence electrons. The first-order valence-electron chi connectivity index (χ1n) is 9.76. The number of carbonyl (C=O) groups is 1. The summed E-state index contributed by atoms with van der Waals surface area (Å²) in [5.74, 6) is -0.381. The fourth-order valence-corrected chi connectivity index (χ4v) is 3.57. The molecule has 0 fully saturated rings. The molecule has 8 heteroatoms. The molecule has 1 aromatic heterocycles. The lowest BCUT2D eigenvalue weighted by molar-refractivity contribution is -0.125. The van der Waals surface area contributed by atoms with Gasteiger partial charge in [0.25, 0.3) is 5.91 Å². The van der Waals surface area contributed by atoms with E-state index in [4.69, 9.17) is 4.74 Å². The smallest absolute Gasteiger partial charge is 0.387 e. The highest BCUT2D eigenvalue weighted by molar-refractivity contribution is 6.01. The number of carbonyl (C=O) groups excluding carboxylic acids is 1. The van der Waals surface area contributed by atoms with Crippen molar-refractivity contribution in [2.24, 2.45) is 0 Å². The summed E-state index contributed by atoms with van der Waals surface area (Å²) in [4.78, 5) is 14.2. The van der Waals surface area contributed by atoms with E-state index in [0.29, 0.717) is 6.61 Å². The van der Waals surface area contributed by atoms with Crippen LogP contribution in [0.3, 0.4) is 0 Å². The number of likely N-dealkylation sites (N-methyl/N-ethyl adjacent to an activating group) is 1. The Bertz CT molecular complexity index is 975. The molecule has 2 rings (SSSR count). The van der Waals surface area contributed by atoms with Crippen LogP contribution in [0.1, 0.15) is 35.5 Å². The summed E-state index contributed by atoms with van der Waals surface area (Å²) in [5.41, 5.74) is 3.49. The molecule has 1 unspecified atom stereocenters. The number of nitriles is 1. The Labute approximate surface area is 181 Å². The molecule has 0 spiro atoms. The van der Waals surface area contributed by atoms with Gasteiger partial charge in [0.15, 0.2) is 0 Å². The number of hydrogen-bond acceptors (Lipinski definition) is 4. The van der Waals surface area contributed by atoms with E-state index in [1.54, 1.807) is 32.4 Å². The summed E-state index contributed by atoms with van der Waals surface area (Å²) < 4.78 is 36.2. The van der Waals surface area contributed by atoms with Crippen LogP contribution >= 0.6 is 0 Å². The molecule has 1 heterocycles. The molecule has 0 aliphatic rings. The van der Waals surface area contributed by atoms with Crippen LogP contribution in [0.2, 0.25) is 0 Å². The molecule has 1 amide bonds. The number of amides is 1. The minimum absolute atomic E-state index is 0.0137. The Morgan fingerprint density at radius 1 is 1.29 bits per heavy atom. The van der Waals surface area contributed by atoms with Crippen molar-refractivity contribution in [1.82, 2.24) is 9.47 Å². The van der Waals surface area contributed by atoms with E-state index in [9.17, 15) is 18.8 Å². The molecular weight excluding hydrogens is 404 g/mol. The molecule has 0 saturated carbocycles. The van der Waals surface area contributed by atoms with E-state index in [0.717, 1.165) is 22.5 Å². The first-order valence-corrected chi connectivity index (χ1v) is 9.76. The van der Waals surface area contributed by atoms with Gasteiger partial charge in [-0.3, -0.25) is 4.79 Å². The van der Waals surface area contributed by atoms with Gasteiger partial charge in [-0.1, -0.05) is 12.1 Å². The molecule has 0 N–H and O–H groups in total. The van der Waals surface area contributed by atoms with Crippen molar-refractivity contribution < 1.29 is 23.0 Å². The third-order valence-corrected chi connectivity index (χ3v) is 4.94. The van der Waals surface area contributed by atoms with Crippen LogP contribution in [0.25, 0.3) is 6.08 Å². The number of aryl methyl sites for hydroxylation is 1. The second kappa shape index (κ2) is 10.7. The number of halogens is 2. The van der Waals surface area contributed by atoms with Gasteiger partial charge in [-0.05, 0) is 56.2 Å². The maximum absolute atomic E-state index is 12.8. The summed E-state index contributed by atoms with van der Waals surface area (Å²) in [7, 11) is 3.23. The van der Waals surface area contributed by atoms with Crippen LogP contribution < -0.4 is 4.74 Å². The number of rotatable bonds is 9. The predicted octanol–water partition coefficient (Wildman–Crippen LogP) is 4.48. The Morgan fingerprint density at radius 3 is 2.48 bits per heavy atom. The first kappa shape index (κ1) is 24.1. The zero-order valence-electron chi connectivity index (χ0n) is 18.4. The molecule has 1 atom stereocenters. The zero-order valence-corrected chi connectivity index (χ0v) is 18.4. The largest absolute Gasteiger partial charge is 0.435 e.